The highest BCUT2D eigenvalue weighted by atomic mass is 32.2. The zero-order chi connectivity index (χ0) is 18.9. The van der Waals surface area contributed by atoms with Crippen LogP contribution in [0.25, 0.3) is 17.1 Å². The fraction of sp³-hybridized carbons (Fsp3) is 0.214. The second kappa shape index (κ2) is 6.53. The summed E-state index contributed by atoms with van der Waals surface area (Å²) in [5, 5.41) is 3.32. The SMILES string of the molecule is CS(=O)(=O)NCc1cn(-c2ccc(-c3noc(C(F)(F)F)n3)cc2)cn1. The Hall–Kier alpha value is -2.73. The molecule has 3 rings (SSSR count). The van der Waals surface area contributed by atoms with Gasteiger partial charge >= 0.3 is 12.1 Å². The van der Waals surface area contributed by atoms with Gasteiger partial charge in [-0.3, -0.25) is 0 Å². The molecule has 0 aliphatic heterocycles. The topological polar surface area (TPSA) is 103 Å². The Bertz CT molecular complexity index is 1010. The van der Waals surface area contributed by atoms with Crippen molar-refractivity contribution in [3.8, 4) is 17.1 Å². The van der Waals surface area contributed by atoms with Crippen LogP contribution in [0.3, 0.4) is 0 Å². The minimum absolute atomic E-state index is 0.0486. The Kier molecular flexibility index (Phi) is 4.54. The van der Waals surface area contributed by atoms with Crippen LogP contribution in [0.1, 0.15) is 11.6 Å². The van der Waals surface area contributed by atoms with E-state index in [9.17, 15) is 21.6 Å². The lowest BCUT2D eigenvalue weighted by molar-refractivity contribution is -0.159. The van der Waals surface area contributed by atoms with Gasteiger partial charge in [-0.2, -0.15) is 18.2 Å². The number of benzene rings is 1. The van der Waals surface area contributed by atoms with Crippen molar-refractivity contribution in [3.05, 3.63) is 48.4 Å². The van der Waals surface area contributed by atoms with Crippen molar-refractivity contribution in [2.75, 3.05) is 6.26 Å². The third-order valence-corrected chi connectivity index (χ3v) is 3.91. The molecule has 2 aromatic heterocycles. The fourth-order valence-corrected chi connectivity index (χ4v) is 2.45. The van der Waals surface area contributed by atoms with Crippen LogP contribution in [0.5, 0.6) is 0 Å². The molecule has 8 nitrogen and oxygen atoms in total. The number of aromatic nitrogens is 4. The van der Waals surface area contributed by atoms with Crippen LogP contribution < -0.4 is 4.72 Å². The van der Waals surface area contributed by atoms with Crippen LogP contribution in [0, 0.1) is 0 Å². The third-order valence-electron chi connectivity index (χ3n) is 3.24. The molecule has 1 aromatic carbocycles. The molecule has 0 aliphatic rings. The van der Waals surface area contributed by atoms with Crippen LogP contribution in [0.15, 0.2) is 41.3 Å². The van der Waals surface area contributed by atoms with E-state index in [2.05, 4.69) is 24.4 Å². The van der Waals surface area contributed by atoms with Gasteiger partial charge in [0.1, 0.15) is 0 Å². The maximum absolute atomic E-state index is 12.5. The van der Waals surface area contributed by atoms with Crippen LogP contribution in [-0.2, 0) is 22.7 Å². The molecule has 0 aliphatic carbocycles. The Morgan fingerprint density at radius 1 is 1.23 bits per heavy atom. The van der Waals surface area contributed by atoms with E-state index in [-0.39, 0.29) is 12.4 Å². The van der Waals surface area contributed by atoms with Crippen molar-refractivity contribution >= 4 is 10.0 Å². The van der Waals surface area contributed by atoms with Crippen molar-refractivity contribution in [2.45, 2.75) is 12.7 Å². The van der Waals surface area contributed by atoms with Crippen LogP contribution in [0.4, 0.5) is 13.2 Å². The largest absolute Gasteiger partial charge is 0.471 e. The molecular weight excluding hydrogens is 375 g/mol. The first-order chi connectivity index (χ1) is 12.1. The van der Waals surface area contributed by atoms with E-state index in [0.717, 1.165) is 6.26 Å². The molecule has 0 unspecified atom stereocenters. The number of nitrogens with zero attached hydrogens (tertiary/aromatic N) is 4. The predicted molar refractivity (Wildman–Crippen MR) is 83.5 cm³/mol. The molecule has 0 amide bonds. The van der Waals surface area contributed by atoms with Crippen molar-refractivity contribution in [1.29, 1.82) is 0 Å². The molecule has 0 fully saturated rings. The van der Waals surface area contributed by atoms with Crippen molar-refractivity contribution in [3.63, 3.8) is 0 Å². The van der Waals surface area contributed by atoms with Crippen LogP contribution in [-0.4, -0.2) is 34.4 Å². The van der Waals surface area contributed by atoms with E-state index in [4.69, 9.17) is 0 Å². The number of sulfonamides is 1. The summed E-state index contributed by atoms with van der Waals surface area (Å²) in [4.78, 5) is 7.40. The van der Waals surface area contributed by atoms with Gasteiger partial charge in [-0.05, 0) is 24.3 Å². The van der Waals surface area contributed by atoms with E-state index in [1.807, 2.05) is 0 Å². The number of rotatable bonds is 5. The van der Waals surface area contributed by atoms with E-state index in [1.165, 1.54) is 18.5 Å². The molecule has 26 heavy (non-hydrogen) atoms. The van der Waals surface area contributed by atoms with Gasteiger partial charge in [0.15, 0.2) is 0 Å². The molecule has 0 bridgehead atoms. The molecule has 0 radical (unpaired) electrons. The third kappa shape index (κ3) is 4.26. The molecule has 1 N–H and O–H groups in total. The first-order valence-corrected chi connectivity index (χ1v) is 9.00. The number of nitrogens with one attached hydrogen (secondary N) is 1. The average molecular weight is 387 g/mol. The van der Waals surface area contributed by atoms with Gasteiger partial charge in [0, 0.05) is 17.4 Å². The Balaban J connectivity index is 1.76. The lowest BCUT2D eigenvalue weighted by Crippen LogP contribution is -2.21. The Morgan fingerprint density at radius 2 is 1.92 bits per heavy atom. The fourth-order valence-electron chi connectivity index (χ4n) is 2.04. The average Bonchev–Trinajstić information content (AvgIpc) is 3.22. The molecule has 0 atom stereocenters. The van der Waals surface area contributed by atoms with Gasteiger partial charge < -0.3 is 9.09 Å². The Labute approximate surface area is 145 Å². The minimum atomic E-state index is -4.70. The lowest BCUT2D eigenvalue weighted by Gasteiger charge is -2.02. The summed E-state index contributed by atoms with van der Waals surface area (Å²) in [5.74, 6) is -1.58. The molecule has 0 spiro atoms. The highest BCUT2D eigenvalue weighted by molar-refractivity contribution is 7.88. The van der Waals surface area contributed by atoms with Gasteiger partial charge in [-0.1, -0.05) is 5.16 Å². The van der Waals surface area contributed by atoms with Gasteiger partial charge in [-0.15, -0.1) is 0 Å². The van der Waals surface area contributed by atoms with E-state index < -0.39 is 22.1 Å². The maximum Gasteiger partial charge on any atom is 0.471 e. The van der Waals surface area contributed by atoms with Crippen LogP contribution >= 0.6 is 0 Å². The molecule has 12 heteroatoms. The summed E-state index contributed by atoms with van der Waals surface area (Å²) in [5.41, 5.74) is 1.53. The van der Waals surface area contributed by atoms with Crippen LogP contribution in [0.2, 0.25) is 0 Å². The van der Waals surface area contributed by atoms with E-state index >= 15 is 0 Å². The lowest BCUT2D eigenvalue weighted by atomic mass is 10.2. The number of halogens is 3. The second-order valence-electron chi connectivity index (χ2n) is 5.33. The molecule has 0 saturated carbocycles. The van der Waals surface area contributed by atoms with Crippen molar-refractivity contribution < 1.29 is 26.1 Å². The summed E-state index contributed by atoms with van der Waals surface area (Å²) in [6, 6.07) is 6.34. The first kappa shape index (κ1) is 18.1. The first-order valence-electron chi connectivity index (χ1n) is 7.11. The zero-order valence-corrected chi connectivity index (χ0v) is 14.0. The molecule has 138 valence electrons. The van der Waals surface area contributed by atoms with Gasteiger partial charge in [0.2, 0.25) is 15.8 Å². The zero-order valence-electron chi connectivity index (χ0n) is 13.2. The highest BCUT2D eigenvalue weighted by Crippen LogP contribution is 2.29. The summed E-state index contributed by atoms with van der Waals surface area (Å²) in [6.45, 7) is 0.0486. The minimum Gasteiger partial charge on any atom is -0.329 e. The number of alkyl halides is 3. The van der Waals surface area contributed by atoms with Gasteiger partial charge in [0.25, 0.3) is 0 Å². The highest BCUT2D eigenvalue weighted by Gasteiger charge is 2.38. The quantitative estimate of drug-likeness (QED) is 0.718. The normalized spacial score (nSPS) is 12.5. The summed E-state index contributed by atoms with van der Waals surface area (Å²) in [6.07, 6.45) is -0.531. The van der Waals surface area contributed by atoms with E-state index in [1.54, 1.807) is 22.9 Å². The Morgan fingerprint density at radius 3 is 2.50 bits per heavy atom. The standard InChI is InChI=1S/C14H12F3N5O3S/c1-26(23,24)19-6-10-7-22(8-18-10)11-4-2-9(3-5-11)12-20-13(25-21-12)14(15,16)17/h2-5,7-8,19H,6H2,1H3. The maximum atomic E-state index is 12.5. The van der Waals surface area contributed by atoms with Gasteiger partial charge in [-0.25, -0.2) is 18.1 Å². The van der Waals surface area contributed by atoms with Gasteiger partial charge in [0.05, 0.1) is 24.8 Å². The predicted octanol–water partition coefficient (Wildman–Crippen LogP) is 1.99. The van der Waals surface area contributed by atoms with Crippen molar-refractivity contribution in [1.82, 2.24) is 24.4 Å². The van der Waals surface area contributed by atoms with Crippen molar-refractivity contribution in [2.24, 2.45) is 0 Å². The van der Waals surface area contributed by atoms with E-state index in [0.29, 0.717) is 16.9 Å². The monoisotopic (exact) mass is 387 g/mol. The second-order valence-corrected chi connectivity index (χ2v) is 7.17. The number of imidazole rings is 1. The molecule has 3 aromatic rings. The summed E-state index contributed by atoms with van der Waals surface area (Å²) < 4.78 is 67.8. The number of hydrogen-bond donors (Lipinski definition) is 1. The molecule has 0 saturated heterocycles. The molecular formula is C14H12F3N5O3S. The summed E-state index contributed by atoms with van der Waals surface area (Å²) in [7, 11) is -3.32. The number of hydrogen-bond acceptors (Lipinski definition) is 6. The smallest absolute Gasteiger partial charge is 0.329 e. The molecule has 2 heterocycles. The summed E-state index contributed by atoms with van der Waals surface area (Å²) >= 11 is 0.